The molecule has 0 radical (unpaired) electrons. The van der Waals surface area contributed by atoms with E-state index in [-0.39, 0.29) is 0 Å². The van der Waals surface area contributed by atoms with Crippen molar-refractivity contribution in [1.82, 2.24) is 0 Å². The fourth-order valence-electron chi connectivity index (χ4n) is 0.757. The summed E-state index contributed by atoms with van der Waals surface area (Å²) in [4.78, 5) is 10.6. The number of halogens is 2. The lowest BCUT2D eigenvalue weighted by molar-refractivity contribution is -0.136. The van der Waals surface area contributed by atoms with Crippen LogP contribution in [0.25, 0.3) is 0 Å². The lowest BCUT2D eigenvalue weighted by Gasteiger charge is -2.16. The SMILES string of the molecule is CC(Cl)(CI)C(=O)Oc1ccccc1. The maximum Gasteiger partial charge on any atom is 0.333 e. The second-order valence-corrected chi connectivity index (χ2v) is 4.63. The first-order chi connectivity index (χ1) is 6.56. The van der Waals surface area contributed by atoms with Gasteiger partial charge in [-0.2, -0.15) is 0 Å². The first kappa shape index (κ1) is 11.8. The number of benzene rings is 1. The molecule has 0 aromatic heterocycles. The standard InChI is InChI=1S/C10H10ClIO2/c1-10(11,7-12)9(13)14-8-5-3-2-4-6-8/h2-6H,7H2,1H3. The Kier molecular flexibility index (Phi) is 4.19. The van der Waals surface area contributed by atoms with E-state index in [9.17, 15) is 4.79 Å². The average molecular weight is 325 g/mol. The first-order valence-electron chi connectivity index (χ1n) is 4.08. The Morgan fingerprint density at radius 3 is 2.57 bits per heavy atom. The molecule has 0 spiro atoms. The average Bonchev–Trinajstić information content (AvgIpc) is 2.19. The number of para-hydroxylation sites is 1. The Labute approximate surface area is 102 Å². The van der Waals surface area contributed by atoms with Crippen LogP contribution in [-0.2, 0) is 4.79 Å². The number of hydrogen-bond donors (Lipinski definition) is 0. The van der Waals surface area contributed by atoms with Gasteiger partial charge >= 0.3 is 5.97 Å². The van der Waals surface area contributed by atoms with Gasteiger partial charge < -0.3 is 4.74 Å². The molecule has 1 rings (SSSR count). The molecule has 0 saturated carbocycles. The van der Waals surface area contributed by atoms with E-state index in [1.807, 2.05) is 6.07 Å². The largest absolute Gasteiger partial charge is 0.425 e. The third-order valence-electron chi connectivity index (χ3n) is 1.63. The Hall–Kier alpha value is -0.290. The van der Waals surface area contributed by atoms with Crippen molar-refractivity contribution in [3.63, 3.8) is 0 Å². The van der Waals surface area contributed by atoms with Gasteiger partial charge in [-0.25, -0.2) is 4.79 Å². The van der Waals surface area contributed by atoms with Crippen molar-refractivity contribution in [1.29, 1.82) is 0 Å². The maximum absolute atomic E-state index is 11.5. The van der Waals surface area contributed by atoms with Gasteiger partial charge in [0.2, 0.25) is 0 Å². The molecule has 0 saturated heterocycles. The predicted octanol–water partition coefficient (Wildman–Crippen LogP) is 3.02. The van der Waals surface area contributed by atoms with Crippen molar-refractivity contribution in [3.8, 4) is 5.75 Å². The highest BCUT2D eigenvalue weighted by Crippen LogP contribution is 2.21. The molecular weight excluding hydrogens is 314 g/mol. The summed E-state index contributed by atoms with van der Waals surface area (Å²) in [6.45, 7) is 1.65. The minimum Gasteiger partial charge on any atom is -0.425 e. The summed E-state index contributed by atoms with van der Waals surface area (Å²) in [6.07, 6.45) is 0. The van der Waals surface area contributed by atoms with Gasteiger partial charge in [-0.3, -0.25) is 0 Å². The number of ether oxygens (including phenoxy) is 1. The van der Waals surface area contributed by atoms with Crippen LogP contribution in [0.4, 0.5) is 0 Å². The zero-order valence-electron chi connectivity index (χ0n) is 7.67. The normalized spacial score (nSPS) is 14.5. The number of hydrogen-bond acceptors (Lipinski definition) is 2. The summed E-state index contributed by atoms with van der Waals surface area (Å²) in [5.41, 5.74) is 0. The van der Waals surface area contributed by atoms with Crippen LogP contribution < -0.4 is 4.74 Å². The molecule has 1 aromatic carbocycles. The quantitative estimate of drug-likeness (QED) is 0.370. The van der Waals surface area contributed by atoms with E-state index in [0.717, 1.165) is 0 Å². The number of esters is 1. The zero-order valence-corrected chi connectivity index (χ0v) is 10.6. The van der Waals surface area contributed by atoms with Gasteiger partial charge in [0.15, 0.2) is 0 Å². The molecule has 0 amide bonds. The number of carbonyl (C=O) groups is 1. The monoisotopic (exact) mass is 324 g/mol. The van der Waals surface area contributed by atoms with Gasteiger partial charge in [0.05, 0.1) is 0 Å². The third kappa shape index (κ3) is 3.13. The van der Waals surface area contributed by atoms with Gasteiger partial charge in [-0.15, -0.1) is 11.6 Å². The van der Waals surface area contributed by atoms with E-state index >= 15 is 0 Å². The maximum atomic E-state index is 11.5. The lowest BCUT2D eigenvalue weighted by Crippen LogP contribution is -2.34. The van der Waals surface area contributed by atoms with Crippen LogP contribution in [0.3, 0.4) is 0 Å². The van der Waals surface area contributed by atoms with Gasteiger partial charge in [-0.1, -0.05) is 40.8 Å². The summed E-state index contributed by atoms with van der Waals surface area (Å²) in [5.74, 6) is 0.106. The smallest absolute Gasteiger partial charge is 0.333 e. The molecular formula is C10H10ClIO2. The highest BCUT2D eigenvalue weighted by Gasteiger charge is 2.31. The molecule has 4 heteroatoms. The molecule has 0 N–H and O–H groups in total. The molecule has 1 aromatic rings. The summed E-state index contributed by atoms with van der Waals surface area (Å²) in [7, 11) is 0. The lowest BCUT2D eigenvalue weighted by atomic mass is 10.2. The second kappa shape index (κ2) is 4.98. The molecule has 1 atom stereocenters. The van der Waals surface area contributed by atoms with Crippen molar-refractivity contribution in [2.24, 2.45) is 0 Å². The van der Waals surface area contributed by atoms with E-state index in [2.05, 4.69) is 22.6 Å². The fourth-order valence-corrected chi connectivity index (χ4v) is 1.11. The Morgan fingerprint density at radius 1 is 1.50 bits per heavy atom. The van der Waals surface area contributed by atoms with E-state index < -0.39 is 10.8 Å². The first-order valence-corrected chi connectivity index (χ1v) is 5.99. The predicted molar refractivity (Wildman–Crippen MR) is 65.2 cm³/mol. The van der Waals surface area contributed by atoms with Crippen LogP contribution in [0.2, 0.25) is 0 Å². The molecule has 2 nitrogen and oxygen atoms in total. The highest BCUT2D eigenvalue weighted by atomic mass is 127. The molecule has 0 aliphatic heterocycles. The van der Waals surface area contributed by atoms with E-state index in [4.69, 9.17) is 16.3 Å². The molecule has 0 heterocycles. The van der Waals surface area contributed by atoms with Crippen LogP contribution in [-0.4, -0.2) is 15.3 Å². The third-order valence-corrected chi connectivity index (χ3v) is 3.89. The van der Waals surface area contributed by atoms with E-state index in [1.54, 1.807) is 31.2 Å². The van der Waals surface area contributed by atoms with Gasteiger partial charge in [0, 0.05) is 4.43 Å². The number of carbonyl (C=O) groups excluding carboxylic acids is 1. The number of alkyl halides is 2. The van der Waals surface area contributed by atoms with Crippen LogP contribution in [0, 0.1) is 0 Å². The topological polar surface area (TPSA) is 26.3 Å². The van der Waals surface area contributed by atoms with Crippen LogP contribution >= 0.6 is 34.2 Å². The fraction of sp³-hybridized carbons (Fsp3) is 0.300. The molecule has 76 valence electrons. The molecule has 1 unspecified atom stereocenters. The Morgan fingerprint density at radius 2 is 2.07 bits per heavy atom. The summed E-state index contributed by atoms with van der Waals surface area (Å²) in [6, 6.07) is 8.90. The van der Waals surface area contributed by atoms with Crippen LogP contribution in [0.5, 0.6) is 5.75 Å². The van der Waals surface area contributed by atoms with Crippen LogP contribution in [0.1, 0.15) is 6.92 Å². The molecule has 0 aliphatic carbocycles. The van der Waals surface area contributed by atoms with E-state index in [1.165, 1.54) is 0 Å². The summed E-state index contributed by atoms with van der Waals surface area (Å²) >= 11 is 7.99. The van der Waals surface area contributed by atoms with E-state index in [0.29, 0.717) is 10.2 Å². The summed E-state index contributed by atoms with van der Waals surface area (Å²) in [5, 5.41) is 0. The van der Waals surface area contributed by atoms with Crippen molar-refractivity contribution < 1.29 is 9.53 Å². The Balaban J connectivity index is 2.67. The van der Waals surface area contributed by atoms with Crippen molar-refractivity contribution in [2.75, 3.05) is 4.43 Å². The molecule has 0 fully saturated rings. The van der Waals surface area contributed by atoms with Gasteiger partial charge in [-0.05, 0) is 19.1 Å². The van der Waals surface area contributed by atoms with Gasteiger partial charge in [0.1, 0.15) is 10.6 Å². The van der Waals surface area contributed by atoms with Crippen LogP contribution in [0.15, 0.2) is 30.3 Å². The Bertz CT molecular complexity index is 311. The molecule has 14 heavy (non-hydrogen) atoms. The second-order valence-electron chi connectivity index (χ2n) is 3.03. The highest BCUT2D eigenvalue weighted by molar-refractivity contribution is 14.1. The number of rotatable bonds is 3. The molecule has 0 aliphatic rings. The van der Waals surface area contributed by atoms with Crippen molar-refractivity contribution in [3.05, 3.63) is 30.3 Å². The van der Waals surface area contributed by atoms with Crippen molar-refractivity contribution >= 4 is 40.2 Å². The molecule has 0 bridgehead atoms. The minimum atomic E-state index is -0.948. The zero-order chi connectivity index (χ0) is 10.6. The van der Waals surface area contributed by atoms with Gasteiger partial charge in [0.25, 0.3) is 0 Å². The minimum absolute atomic E-state index is 0.417. The van der Waals surface area contributed by atoms with Crippen molar-refractivity contribution in [2.45, 2.75) is 11.8 Å². The summed E-state index contributed by atoms with van der Waals surface area (Å²) < 4.78 is 5.61.